The van der Waals surface area contributed by atoms with Crippen molar-refractivity contribution in [2.45, 2.75) is 27.2 Å². The Kier molecular flexibility index (Phi) is 9.39. The van der Waals surface area contributed by atoms with E-state index in [9.17, 15) is 9.59 Å². The van der Waals surface area contributed by atoms with Crippen LogP contribution in [0.15, 0.2) is 71.2 Å². The number of thiocarbonyl (C=S) groups is 1. The third-order valence-corrected chi connectivity index (χ3v) is 5.85. The first-order valence-electron chi connectivity index (χ1n) is 11.2. The number of amides is 2. The highest BCUT2D eigenvalue weighted by Crippen LogP contribution is 2.24. The molecule has 0 aliphatic rings. The Labute approximate surface area is 219 Å². The molecule has 0 unspecified atom stereocenters. The molecule has 0 saturated heterocycles. The van der Waals surface area contributed by atoms with Gasteiger partial charge >= 0.3 is 0 Å². The Morgan fingerprint density at radius 1 is 0.914 bits per heavy atom. The molecule has 3 N–H and O–H groups in total. The first kappa shape index (κ1) is 26.4. The van der Waals surface area contributed by atoms with E-state index in [1.165, 1.54) is 0 Å². The van der Waals surface area contributed by atoms with Crippen LogP contribution >= 0.6 is 28.1 Å². The molecule has 0 heterocycles. The van der Waals surface area contributed by atoms with E-state index >= 15 is 0 Å². The van der Waals surface area contributed by atoms with Crippen molar-refractivity contribution in [3.63, 3.8) is 0 Å². The van der Waals surface area contributed by atoms with E-state index < -0.39 is 0 Å². The summed E-state index contributed by atoms with van der Waals surface area (Å²) in [6, 6.07) is 19.8. The van der Waals surface area contributed by atoms with E-state index in [-0.39, 0.29) is 16.9 Å². The van der Waals surface area contributed by atoms with Crippen molar-refractivity contribution in [3.8, 4) is 5.75 Å². The van der Waals surface area contributed by atoms with Crippen molar-refractivity contribution in [2.75, 3.05) is 17.2 Å². The van der Waals surface area contributed by atoms with E-state index in [0.717, 1.165) is 16.5 Å². The van der Waals surface area contributed by atoms with E-state index in [2.05, 4.69) is 45.7 Å². The minimum atomic E-state index is -0.370. The largest absolute Gasteiger partial charge is 0.493 e. The van der Waals surface area contributed by atoms with E-state index in [1.54, 1.807) is 42.5 Å². The van der Waals surface area contributed by atoms with Gasteiger partial charge in [0.2, 0.25) is 0 Å². The number of benzene rings is 3. The summed E-state index contributed by atoms with van der Waals surface area (Å²) in [7, 11) is 0. The summed E-state index contributed by atoms with van der Waals surface area (Å²) in [5.41, 5.74) is 3.24. The van der Waals surface area contributed by atoms with E-state index in [0.29, 0.717) is 40.8 Å². The summed E-state index contributed by atoms with van der Waals surface area (Å²) in [4.78, 5) is 25.4. The molecule has 0 bridgehead atoms. The van der Waals surface area contributed by atoms with Crippen molar-refractivity contribution in [3.05, 3.63) is 87.9 Å². The van der Waals surface area contributed by atoms with Crippen LogP contribution in [0.3, 0.4) is 0 Å². The molecule has 0 radical (unpaired) electrons. The van der Waals surface area contributed by atoms with Crippen molar-refractivity contribution < 1.29 is 14.3 Å². The molecule has 0 aliphatic heterocycles. The first-order chi connectivity index (χ1) is 16.7. The van der Waals surface area contributed by atoms with Gasteiger partial charge in [-0.25, -0.2) is 0 Å². The predicted octanol–water partition coefficient (Wildman–Crippen LogP) is 6.56. The molecule has 0 spiro atoms. The molecular weight excluding hydrogens is 526 g/mol. The highest BCUT2D eigenvalue weighted by atomic mass is 79.9. The number of nitrogens with one attached hydrogen (secondary N) is 3. The van der Waals surface area contributed by atoms with Crippen LogP contribution in [0.25, 0.3) is 0 Å². The third-order valence-electron chi connectivity index (χ3n) is 5.16. The number of rotatable bonds is 8. The molecule has 3 aromatic carbocycles. The molecule has 0 atom stereocenters. The van der Waals surface area contributed by atoms with Gasteiger partial charge in [-0.05, 0) is 85.6 Å². The SMILES string of the molecule is Cc1ccccc1C(=O)Nc1ccc(NC(=S)NC(=O)c2cc(Br)ccc2OCCC(C)C)cc1. The monoisotopic (exact) mass is 553 g/mol. The molecule has 3 rings (SSSR count). The zero-order valence-electron chi connectivity index (χ0n) is 19.9. The summed E-state index contributed by atoms with van der Waals surface area (Å²) in [5.74, 6) is 0.460. The van der Waals surface area contributed by atoms with Crippen LogP contribution in [0.2, 0.25) is 0 Å². The number of hydrogen-bond acceptors (Lipinski definition) is 4. The van der Waals surface area contributed by atoms with E-state index in [1.807, 2.05) is 31.2 Å². The van der Waals surface area contributed by atoms with Gasteiger partial charge in [-0.3, -0.25) is 14.9 Å². The van der Waals surface area contributed by atoms with Gasteiger partial charge in [0.25, 0.3) is 11.8 Å². The molecule has 0 saturated carbocycles. The summed E-state index contributed by atoms with van der Waals surface area (Å²) < 4.78 is 6.59. The van der Waals surface area contributed by atoms with Crippen LogP contribution in [0.1, 0.15) is 46.5 Å². The lowest BCUT2D eigenvalue weighted by Crippen LogP contribution is -2.34. The fourth-order valence-corrected chi connectivity index (χ4v) is 3.78. The van der Waals surface area contributed by atoms with Gasteiger partial charge in [0.15, 0.2) is 5.11 Å². The highest BCUT2D eigenvalue weighted by Gasteiger charge is 2.15. The second-order valence-corrected chi connectivity index (χ2v) is 9.75. The van der Waals surface area contributed by atoms with Gasteiger partial charge in [-0.15, -0.1) is 0 Å². The molecule has 0 aromatic heterocycles. The average Bonchev–Trinajstić information content (AvgIpc) is 2.81. The molecule has 3 aromatic rings. The maximum atomic E-state index is 12.9. The normalized spacial score (nSPS) is 10.5. The predicted molar refractivity (Wildman–Crippen MR) is 148 cm³/mol. The van der Waals surface area contributed by atoms with E-state index in [4.69, 9.17) is 17.0 Å². The number of aryl methyl sites for hydroxylation is 1. The lowest BCUT2D eigenvalue weighted by atomic mass is 10.1. The highest BCUT2D eigenvalue weighted by molar-refractivity contribution is 9.10. The maximum Gasteiger partial charge on any atom is 0.261 e. The molecular formula is C27H28BrN3O3S. The Morgan fingerprint density at radius 2 is 1.57 bits per heavy atom. The number of carbonyl (C=O) groups is 2. The molecule has 0 fully saturated rings. The van der Waals surface area contributed by atoms with Gasteiger partial charge in [-0.1, -0.05) is 48.0 Å². The second-order valence-electron chi connectivity index (χ2n) is 8.43. The fraction of sp³-hybridized carbons (Fsp3) is 0.222. The number of carbonyl (C=O) groups excluding carboxylic acids is 2. The van der Waals surface area contributed by atoms with Crippen molar-refractivity contribution in [2.24, 2.45) is 5.92 Å². The Bertz CT molecular complexity index is 1210. The molecule has 2 amide bonds. The number of hydrogen-bond donors (Lipinski definition) is 3. The van der Waals surface area contributed by atoms with Gasteiger partial charge in [0.05, 0.1) is 12.2 Å². The minimum absolute atomic E-state index is 0.153. The zero-order valence-corrected chi connectivity index (χ0v) is 22.3. The number of anilines is 2. The van der Waals surface area contributed by atoms with Crippen LogP contribution in [0.4, 0.5) is 11.4 Å². The average molecular weight is 555 g/mol. The Morgan fingerprint density at radius 3 is 2.23 bits per heavy atom. The summed E-state index contributed by atoms with van der Waals surface area (Å²) in [6.07, 6.45) is 0.887. The molecule has 182 valence electrons. The van der Waals surface area contributed by atoms with Crippen molar-refractivity contribution in [1.29, 1.82) is 0 Å². The molecule has 0 aliphatic carbocycles. The van der Waals surface area contributed by atoms with Crippen LogP contribution in [-0.4, -0.2) is 23.5 Å². The number of ether oxygens (including phenoxy) is 1. The van der Waals surface area contributed by atoms with Crippen LogP contribution < -0.4 is 20.7 Å². The van der Waals surface area contributed by atoms with Crippen LogP contribution in [-0.2, 0) is 0 Å². The smallest absolute Gasteiger partial charge is 0.261 e. The fourth-order valence-electron chi connectivity index (χ4n) is 3.21. The Balaban J connectivity index is 1.59. The summed E-state index contributed by atoms with van der Waals surface area (Å²) in [6.45, 7) is 6.65. The zero-order chi connectivity index (χ0) is 25.4. The second kappa shape index (κ2) is 12.5. The summed E-state index contributed by atoms with van der Waals surface area (Å²) >= 11 is 8.73. The third kappa shape index (κ3) is 7.90. The lowest BCUT2D eigenvalue weighted by molar-refractivity contribution is 0.0972. The first-order valence-corrected chi connectivity index (χ1v) is 12.4. The lowest BCUT2D eigenvalue weighted by Gasteiger charge is -2.14. The maximum absolute atomic E-state index is 12.9. The van der Waals surface area contributed by atoms with Crippen LogP contribution in [0.5, 0.6) is 5.75 Å². The molecule has 8 heteroatoms. The molecule has 6 nitrogen and oxygen atoms in total. The van der Waals surface area contributed by atoms with Gasteiger partial charge in [0, 0.05) is 21.4 Å². The minimum Gasteiger partial charge on any atom is -0.493 e. The standard InChI is InChI=1S/C27H28BrN3O3S/c1-17(2)14-15-34-24-13-8-19(28)16-23(24)26(33)31-27(35)30-21-11-9-20(10-12-21)29-25(32)22-7-5-4-6-18(22)3/h4-13,16-17H,14-15H2,1-3H3,(H,29,32)(H2,30,31,33,35). The summed E-state index contributed by atoms with van der Waals surface area (Å²) in [5, 5.41) is 8.72. The van der Waals surface area contributed by atoms with Crippen LogP contribution in [0, 0.1) is 12.8 Å². The quantitative estimate of drug-likeness (QED) is 0.275. The molecule has 35 heavy (non-hydrogen) atoms. The van der Waals surface area contributed by atoms with Gasteiger partial charge < -0.3 is 15.4 Å². The van der Waals surface area contributed by atoms with Crippen molar-refractivity contribution in [1.82, 2.24) is 5.32 Å². The number of halogens is 1. The topological polar surface area (TPSA) is 79.5 Å². The Hall–Kier alpha value is -3.23. The van der Waals surface area contributed by atoms with Crippen molar-refractivity contribution >= 4 is 56.4 Å². The van der Waals surface area contributed by atoms with Gasteiger partial charge in [0.1, 0.15) is 5.75 Å². The van der Waals surface area contributed by atoms with Gasteiger partial charge in [-0.2, -0.15) is 0 Å².